The summed E-state index contributed by atoms with van der Waals surface area (Å²) in [5.74, 6) is 0.543. The third-order valence-corrected chi connectivity index (χ3v) is 5.44. The molecule has 3 aromatic rings. The van der Waals surface area contributed by atoms with Gasteiger partial charge in [0.05, 0.1) is 6.61 Å². The molecule has 0 N–H and O–H groups in total. The van der Waals surface area contributed by atoms with Crippen molar-refractivity contribution in [2.24, 2.45) is 5.92 Å². The average molecular weight is 389 g/mol. The Morgan fingerprint density at radius 1 is 0.793 bits per heavy atom. The second-order valence-electron chi connectivity index (χ2n) is 7.53. The van der Waals surface area contributed by atoms with Crippen molar-refractivity contribution in [1.82, 2.24) is 0 Å². The van der Waals surface area contributed by atoms with Crippen LogP contribution in [-0.2, 0) is 0 Å². The zero-order valence-corrected chi connectivity index (χ0v) is 15.9. The van der Waals surface area contributed by atoms with Gasteiger partial charge >= 0.3 is 0 Å². The van der Waals surface area contributed by atoms with Gasteiger partial charge in [-0.15, -0.1) is 0 Å². The van der Waals surface area contributed by atoms with Gasteiger partial charge in [-0.25, -0.2) is 15.4 Å². The van der Waals surface area contributed by atoms with E-state index in [1.54, 1.807) is 24.3 Å². The van der Waals surface area contributed by atoms with Gasteiger partial charge in [-0.05, 0) is 71.1 Å². The number of halogens is 2. The smallest absolute Gasteiger partial charge is 0.224 e. The van der Waals surface area contributed by atoms with Gasteiger partial charge in [0.15, 0.2) is 0 Å². The summed E-state index contributed by atoms with van der Waals surface area (Å²) in [5.41, 5.74) is 3.59. The largest absolute Gasteiger partial charge is 0.493 e. The maximum absolute atomic E-state index is 13.3. The first-order chi connectivity index (χ1) is 14.1. The van der Waals surface area contributed by atoms with Gasteiger partial charge in [0.25, 0.3) is 0 Å². The highest BCUT2D eigenvalue weighted by Gasteiger charge is 2.28. The minimum Gasteiger partial charge on any atom is -0.493 e. The molecular weight excluding hydrogens is 368 g/mol. The third kappa shape index (κ3) is 4.63. The van der Waals surface area contributed by atoms with Crippen LogP contribution in [0.25, 0.3) is 27.1 Å². The molecule has 146 valence electrons. The zero-order valence-electron chi connectivity index (χ0n) is 15.9. The summed E-state index contributed by atoms with van der Waals surface area (Å²) in [6.07, 6.45) is 2.83. The fraction of sp³-hybridized carbons (Fsp3) is 0.240. The maximum Gasteiger partial charge on any atom is 0.224 e. The number of benzene rings is 3. The van der Waals surface area contributed by atoms with Crippen LogP contribution in [0.5, 0.6) is 5.75 Å². The van der Waals surface area contributed by atoms with Crippen LogP contribution in [0.2, 0.25) is 0 Å². The Morgan fingerprint density at radius 2 is 1.34 bits per heavy atom. The predicted molar refractivity (Wildman–Crippen MR) is 110 cm³/mol. The molecule has 0 heterocycles. The van der Waals surface area contributed by atoms with E-state index in [2.05, 4.69) is 4.85 Å². The molecule has 29 heavy (non-hydrogen) atoms. The van der Waals surface area contributed by atoms with Crippen LogP contribution in [0, 0.1) is 24.1 Å². The molecule has 1 aliphatic rings. The van der Waals surface area contributed by atoms with E-state index in [4.69, 9.17) is 11.3 Å². The summed E-state index contributed by atoms with van der Waals surface area (Å²) in [6.45, 7) is 7.76. The SMILES string of the molecule is [C-]#[N+][C@H]1CC[C@H](COc2cc(-c3ccc(F)cc3)cc(-c3ccc(F)cc3)c2)C1. The second kappa shape index (κ2) is 8.45. The van der Waals surface area contributed by atoms with E-state index in [0.717, 1.165) is 47.3 Å². The van der Waals surface area contributed by atoms with Crippen LogP contribution < -0.4 is 4.74 Å². The molecule has 0 bridgehead atoms. The van der Waals surface area contributed by atoms with Crippen molar-refractivity contribution in [3.8, 4) is 28.0 Å². The molecule has 2 atom stereocenters. The van der Waals surface area contributed by atoms with Gasteiger partial charge < -0.3 is 9.58 Å². The lowest BCUT2D eigenvalue weighted by Crippen LogP contribution is -2.09. The Labute approximate surface area is 169 Å². The molecular formula is C25H21F2NO. The Morgan fingerprint density at radius 3 is 1.83 bits per heavy atom. The van der Waals surface area contributed by atoms with Crippen LogP contribution in [0.1, 0.15) is 19.3 Å². The molecule has 3 aromatic carbocycles. The molecule has 1 fully saturated rings. The van der Waals surface area contributed by atoms with Crippen LogP contribution >= 0.6 is 0 Å². The molecule has 0 radical (unpaired) electrons. The van der Waals surface area contributed by atoms with Gasteiger partial charge in [0.2, 0.25) is 6.04 Å². The van der Waals surface area contributed by atoms with Crippen molar-refractivity contribution in [1.29, 1.82) is 0 Å². The molecule has 1 saturated carbocycles. The highest BCUT2D eigenvalue weighted by molar-refractivity contribution is 5.75. The van der Waals surface area contributed by atoms with Gasteiger partial charge in [0.1, 0.15) is 17.4 Å². The first-order valence-corrected chi connectivity index (χ1v) is 9.77. The number of nitrogens with zero attached hydrogens (tertiary/aromatic N) is 1. The minimum absolute atomic E-state index is 0.115. The molecule has 0 aromatic heterocycles. The molecule has 0 amide bonds. The van der Waals surface area contributed by atoms with E-state index in [0.29, 0.717) is 12.5 Å². The van der Waals surface area contributed by atoms with Gasteiger partial charge in [-0.1, -0.05) is 24.3 Å². The highest BCUT2D eigenvalue weighted by atomic mass is 19.1. The molecule has 4 heteroatoms. The topological polar surface area (TPSA) is 13.6 Å². The van der Waals surface area contributed by atoms with Gasteiger partial charge in [0, 0.05) is 18.8 Å². The van der Waals surface area contributed by atoms with Crippen LogP contribution in [0.15, 0.2) is 66.7 Å². The van der Waals surface area contributed by atoms with Crippen LogP contribution in [0.4, 0.5) is 8.78 Å². The standard InChI is InChI=1S/C25H21F2NO/c1-28-24-11-2-17(12-24)16-29-25-14-20(18-3-7-22(26)8-4-18)13-21(15-25)19-5-9-23(27)10-6-19/h3-10,13-15,17,24H,2,11-12,16H2/t17-,24-/m0/s1. The third-order valence-electron chi connectivity index (χ3n) is 5.44. The molecule has 0 saturated heterocycles. The lowest BCUT2D eigenvalue weighted by molar-refractivity contribution is 0.252. The second-order valence-corrected chi connectivity index (χ2v) is 7.53. The Hall–Kier alpha value is -3.19. The Bertz CT molecular complexity index is 958. The molecule has 1 aliphatic carbocycles. The first kappa shape index (κ1) is 19.1. The van der Waals surface area contributed by atoms with E-state index >= 15 is 0 Å². The van der Waals surface area contributed by atoms with E-state index in [9.17, 15) is 8.78 Å². The lowest BCUT2D eigenvalue weighted by atomic mass is 9.98. The van der Waals surface area contributed by atoms with Crippen LogP contribution in [-0.4, -0.2) is 12.6 Å². The molecule has 4 rings (SSSR count). The summed E-state index contributed by atoms with van der Waals surface area (Å²) in [4.78, 5) is 3.65. The fourth-order valence-electron chi connectivity index (χ4n) is 3.83. The number of rotatable bonds is 5. The average Bonchev–Trinajstić information content (AvgIpc) is 3.21. The number of hydrogen-bond donors (Lipinski definition) is 0. The van der Waals surface area contributed by atoms with Crippen molar-refractivity contribution in [2.45, 2.75) is 25.3 Å². The van der Waals surface area contributed by atoms with Crippen molar-refractivity contribution < 1.29 is 13.5 Å². The van der Waals surface area contributed by atoms with E-state index in [-0.39, 0.29) is 17.7 Å². The zero-order chi connectivity index (χ0) is 20.2. The monoisotopic (exact) mass is 389 g/mol. The van der Waals surface area contributed by atoms with E-state index in [1.807, 2.05) is 18.2 Å². The van der Waals surface area contributed by atoms with E-state index in [1.165, 1.54) is 24.3 Å². The lowest BCUT2D eigenvalue weighted by Gasteiger charge is -2.14. The van der Waals surface area contributed by atoms with Crippen LogP contribution in [0.3, 0.4) is 0 Å². The maximum atomic E-state index is 13.3. The summed E-state index contributed by atoms with van der Waals surface area (Å²) in [5, 5.41) is 0. The van der Waals surface area contributed by atoms with Gasteiger partial charge in [-0.2, -0.15) is 0 Å². The Kier molecular flexibility index (Phi) is 5.57. The minimum atomic E-state index is -0.282. The van der Waals surface area contributed by atoms with Crippen molar-refractivity contribution in [3.63, 3.8) is 0 Å². The van der Waals surface area contributed by atoms with Crippen molar-refractivity contribution in [3.05, 3.63) is 89.8 Å². The van der Waals surface area contributed by atoms with Crippen molar-refractivity contribution >= 4 is 0 Å². The van der Waals surface area contributed by atoms with Gasteiger partial charge in [-0.3, -0.25) is 0 Å². The molecule has 0 aliphatic heterocycles. The van der Waals surface area contributed by atoms with Crippen molar-refractivity contribution in [2.75, 3.05) is 6.61 Å². The molecule has 0 unspecified atom stereocenters. The summed E-state index contributed by atoms with van der Waals surface area (Å²) in [6, 6.07) is 18.7. The fourth-order valence-corrected chi connectivity index (χ4v) is 3.83. The number of hydrogen-bond acceptors (Lipinski definition) is 1. The summed E-state index contributed by atoms with van der Waals surface area (Å²) < 4.78 is 32.8. The summed E-state index contributed by atoms with van der Waals surface area (Å²) >= 11 is 0. The summed E-state index contributed by atoms with van der Waals surface area (Å²) in [7, 11) is 0. The predicted octanol–water partition coefficient (Wildman–Crippen LogP) is 6.77. The number of ether oxygens (including phenoxy) is 1. The molecule has 2 nitrogen and oxygen atoms in total. The Balaban J connectivity index is 1.63. The first-order valence-electron chi connectivity index (χ1n) is 9.77. The molecule has 0 spiro atoms. The quantitative estimate of drug-likeness (QED) is 0.439. The highest BCUT2D eigenvalue weighted by Crippen LogP contribution is 2.33. The normalized spacial score (nSPS) is 18.4. The van der Waals surface area contributed by atoms with E-state index < -0.39 is 0 Å².